The maximum atomic E-state index is 12.9. The van der Waals surface area contributed by atoms with Crippen LogP contribution in [0.25, 0.3) is 33.4 Å². The number of carboxylic acids is 1. The van der Waals surface area contributed by atoms with Crippen molar-refractivity contribution in [1.29, 1.82) is 0 Å². The molecule has 0 unspecified atom stereocenters. The van der Waals surface area contributed by atoms with Crippen molar-refractivity contribution in [3.63, 3.8) is 0 Å². The highest BCUT2D eigenvalue weighted by Gasteiger charge is 2.35. The van der Waals surface area contributed by atoms with Crippen molar-refractivity contribution in [3.05, 3.63) is 179 Å². The summed E-state index contributed by atoms with van der Waals surface area (Å²) in [5, 5.41) is 22.1. The molecule has 0 saturated carbocycles. The van der Waals surface area contributed by atoms with Gasteiger partial charge in [0.15, 0.2) is 11.6 Å². The molecular weight excluding hydrogens is 1520 g/mol. The monoisotopic (exact) mass is 1630 g/mol. The third-order valence-electron chi connectivity index (χ3n) is 18.6. The topological polar surface area (TPSA) is 370 Å². The summed E-state index contributed by atoms with van der Waals surface area (Å²) >= 11 is 0. The fourth-order valence-corrected chi connectivity index (χ4v) is 13.2. The Kier molecular flexibility index (Phi) is 40.1. The Labute approximate surface area is 690 Å². The highest BCUT2D eigenvalue weighted by Crippen LogP contribution is 2.47. The van der Waals surface area contributed by atoms with Crippen molar-refractivity contribution < 1.29 is 110 Å². The van der Waals surface area contributed by atoms with Crippen LogP contribution in [0.15, 0.2) is 146 Å². The van der Waals surface area contributed by atoms with Gasteiger partial charge in [0.1, 0.15) is 69.5 Å². The first-order chi connectivity index (χ1) is 56.7. The van der Waals surface area contributed by atoms with Crippen molar-refractivity contribution in [3.8, 4) is 33.4 Å². The zero-order chi connectivity index (χ0) is 85.2. The number of aliphatic carboxylic acids is 1. The van der Waals surface area contributed by atoms with E-state index in [1.807, 2.05) is 135 Å². The molecule has 638 valence electrons. The number of benzene rings is 6. The number of carbonyl (C=O) groups is 11. The minimum Gasteiger partial charge on any atom is -0.481 e. The van der Waals surface area contributed by atoms with Gasteiger partial charge in [0.25, 0.3) is 0 Å². The predicted molar refractivity (Wildman–Crippen MR) is 439 cm³/mol. The predicted octanol–water partition coefficient (Wildman–Crippen LogP) is 11.4. The van der Waals surface area contributed by atoms with E-state index in [1.165, 1.54) is 22.3 Å². The number of Topliss-reactive ketones (excluding diaryl/α,β-unsaturated/α-hetero) is 2. The molecule has 6 aromatic rings. The molecule has 0 bridgehead atoms. The van der Waals surface area contributed by atoms with Gasteiger partial charge in [0.05, 0.1) is 33.0 Å². The van der Waals surface area contributed by atoms with Crippen LogP contribution in [-0.2, 0) is 95.3 Å². The van der Waals surface area contributed by atoms with Crippen molar-refractivity contribution >= 4 is 65.4 Å². The molecule has 9 rings (SSSR count). The summed E-state index contributed by atoms with van der Waals surface area (Å²) in [6, 6.07) is 46.2. The van der Waals surface area contributed by atoms with Crippen LogP contribution in [0.4, 0.5) is 9.59 Å². The zero-order valence-corrected chi connectivity index (χ0v) is 69.0. The number of esters is 3. The standard InChI is InChI=1S/C37H51N3O10.C29H37NO7.C24H27NO6/c1-5-46-23-26(41)11-10-18-38-34(43)25-48-22-21-47-20-19-39-33(42)17-16-32(35(44)50-37(2,3)4)40-36(45)49-24-31-29-14-8-6-12-27(29)28-13-7-9-15-30(28)31;1-2-34-19-22(31)9-7-15-30-28(32)21-36-18-17-35-16-8-14-29(33)37-20-27-25-12-5-3-10-23(25)24-11-4-6-13-26(24)27;1-24(2,3)31-22(28)20(12-13-21(26)27)25-23(29)30-14-19-17-10-6-4-8-15(17)16-9-5-7-11-18(16)19/h6-9,12-15,31-32H,5,10-11,16-25H2,1-4H3,(H,38,43)(H,39,42)(H,40,45);3-6,10-13,27H,2,7-9,14-21H2,1H3,(H,30,32);4-11,19-20H,12-14H2,1-3H3,(H,25,29)(H,26,27)/t32-;;20-/m0.0/s1. The van der Waals surface area contributed by atoms with Crippen molar-refractivity contribution in [2.75, 3.05) is 119 Å². The number of ether oxygens (including phenoxy) is 11. The van der Waals surface area contributed by atoms with Crippen LogP contribution < -0.4 is 26.6 Å². The summed E-state index contributed by atoms with van der Waals surface area (Å²) < 4.78 is 59.0. The minimum atomic E-state index is -1.11. The van der Waals surface area contributed by atoms with Crippen molar-refractivity contribution in [2.24, 2.45) is 0 Å². The smallest absolute Gasteiger partial charge is 0.407 e. The number of nitrogens with one attached hydrogen (secondary N) is 5. The van der Waals surface area contributed by atoms with E-state index in [9.17, 15) is 52.7 Å². The molecular formula is C90H115N5O23. The SMILES string of the molecule is CC(C)(C)OC(=O)[C@H](CCC(=O)O)NC(=O)OCC1c2ccccc2-c2ccccc21.CCOCC(=O)CCCNC(=O)COCCOCCCC(=O)OCC1c2ccccc2-c2ccccc21.CCOCC(=O)CCCNC(=O)COCCOCCNC(=O)CC[C@H](NC(=O)OCC1c2ccccc2-c2ccccc21)C(=O)OC(C)(C)C. The van der Waals surface area contributed by atoms with E-state index >= 15 is 0 Å². The van der Waals surface area contributed by atoms with E-state index in [-0.39, 0.29) is 158 Å². The molecule has 0 heterocycles. The van der Waals surface area contributed by atoms with Crippen LogP contribution >= 0.6 is 0 Å². The van der Waals surface area contributed by atoms with Gasteiger partial charge in [0.2, 0.25) is 17.7 Å². The molecule has 0 fully saturated rings. The molecule has 0 spiro atoms. The Morgan fingerprint density at radius 2 is 0.686 bits per heavy atom. The largest absolute Gasteiger partial charge is 0.481 e. The molecule has 118 heavy (non-hydrogen) atoms. The van der Waals surface area contributed by atoms with E-state index in [0.29, 0.717) is 78.2 Å². The second-order valence-electron chi connectivity index (χ2n) is 30.0. The lowest BCUT2D eigenvalue weighted by atomic mass is 9.98. The fourth-order valence-electron chi connectivity index (χ4n) is 13.2. The van der Waals surface area contributed by atoms with E-state index < -0.39 is 53.4 Å². The lowest BCUT2D eigenvalue weighted by Gasteiger charge is -2.24. The van der Waals surface area contributed by atoms with E-state index in [4.69, 9.17) is 57.2 Å². The van der Waals surface area contributed by atoms with Crippen LogP contribution in [0.3, 0.4) is 0 Å². The summed E-state index contributed by atoms with van der Waals surface area (Å²) in [4.78, 5) is 133. The average molecular weight is 1630 g/mol. The number of amides is 5. The van der Waals surface area contributed by atoms with Gasteiger partial charge in [-0.25, -0.2) is 19.2 Å². The maximum absolute atomic E-state index is 12.9. The Morgan fingerprint density at radius 1 is 0.356 bits per heavy atom. The molecule has 0 aromatic heterocycles. The Morgan fingerprint density at radius 3 is 1.04 bits per heavy atom. The van der Waals surface area contributed by atoms with Gasteiger partial charge in [-0.2, -0.15) is 0 Å². The molecule has 0 aliphatic heterocycles. The first-order valence-corrected chi connectivity index (χ1v) is 40.3. The quantitative estimate of drug-likeness (QED) is 0.0117. The van der Waals surface area contributed by atoms with Crippen LogP contribution in [0.2, 0.25) is 0 Å². The number of ketones is 2. The normalized spacial score (nSPS) is 12.8. The van der Waals surface area contributed by atoms with Gasteiger partial charge >= 0.3 is 36.1 Å². The highest BCUT2D eigenvalue weighted by molar-refractivity contribution is 5.86. The van der Waals surface area contributed by atoms with Crippen molar-refractivity contribution in [2.45, 2.75) is 161 Å². The van der Waals surface area contributed by atoms with Gasteiger partial charge in [0, 0.05) is 89.3 Å². The summed E-state index contributed by atoms with van der Waals surface area (Å²) in [6.45, 7) is 18.1. The van der Waals surface area contributed by atoms with Gasteiger partial charge in [-0.3, -0.25) is 33.6 Å². The van der Waals surface area contributed by atoms with Crippen LogP contribution in [0.5, 0.6) is 0 Å². The average Bonchev–Trinajstić information content (AvgIpc) is 1.63. The summed E-state index contributed by atoms with van der Waals surface area (Å²) in [6.07, 6.45) is 0.682. The first-order valence-electron chi connectivity index (χ1n) is 40.3. The summed E-state index contributed by atoms with van der Waals surface area (Å²) in [5.41, 5.74) is 12.0. The number of alkyl carbamates (subject to hydrolysis) is 2. The third-order valence-corrected chi connectivity index (χ3v) is 18.6. The number of fused-ring (bicyclic) bond motifs is 9. The molecule has 3 aliphatic rings. The zero-order valence-electron chi connectivity index (χ0n) is 69.0. The van der Waals surface area contributed by atoms with E-state index in [1.54, 1.807) is 41.5 Å². The number of rotatable bonds is 47. The molecule has 28 nitrogen and oxygen atoms in total. The number of carboxylic acid groups (broad SMARTS) is 1. The molecule has 2 atom stereocenters. The van der Waals surface area contributed by atoms with Gasteiger partial charge < -0.3 is 83.8 Å². The van der Waals surface area contributed by atoms with Crippen molar-refractivity contribution in [1.82, 2.24) is 26.6 Å². The molecule has 0 radical (unpaired) electrons. The number of hydrogen-bond donors (Lipinski definition) is 6. The van der Waals surface area contributed by atoms with E-state index in [2.05, 4.69) is 50.8 Å². The lowest BCUT2D eigenvalue weighted by molar-refractivity contribution is -0.158. The second kappa shape index (κ2) is 50.1. The fraction of sp³-hybridized carbons (Fsp3) is 0.478. The van der Waals surface area contributed by atoms with Gasteiger partial charge in [-0.1, -0.05) is 146 Å². The lowest BCUT2D eigenvalue weighted by Crippen LogP contribution is -2.45. The van der Waals surface area contributed by atoms with E-state index in [0.717, 1.165) is 44.5 Å². The van der Waals surface area contributed by atoms with Crippen LogP contribution in [0.1, 0.15) is 171 Å². The molecule has 6 N–H and O–H groups in total. The second-order valence-corrected chi connectivity index (χ2v) is 30.0. The Balaban J connectivity index is 0.000000252. The summed E-state index contributed by atoms with van der Waals surface area (Å²) in [5.74, 6) is -3.67. The maximum Gasteiger partial charge on any atom is 0.407 e. The molecule has 6 aromatic carbocycles. The molecule has 28 heteroatoms. The number of hydrogen-bond acceptors (Lipinski definition) is 22. The van der Waals surface area contributed by atoms with Gasteiger partial charge in [-0.15, -0.1) is 0 Å². The van der Waals surface area contributed by atoms with Crippen LogP contribution in [0, 0.1) is 0 Å². The first kappa shape index (κ1) is 94.4. The van der Waals surface area contributed by atoms with Crippen LogP contribution in [-0.4, -0.2) is 212 Å². The minimum absolute atomic E-state index is 0.00113. The highest BCUT2D eigenvalue weighted by atomic mass is 16.6. The van der Waals surface area contributed by atoms with Gasteiger partial charge in [-0.05, 0) is 154 Å². The third kappa shape index (κ3) is 33.0. The Hall–Kier alpha value is -10.8. The summed E-state index contributed by atoms with van der Waals surface area (Å²) in [7, 11) is 0. The molecule has 0 saturated heterocycles. The Bertz CT molecular complexity index is 4130. The molecule has 5 amide bonds. The number of carbonyl (C=O) groups excluding carboxylic acids is 10. The molecule has 3 aliphatic carbocycles.